The molecule has 31 heavy (non-hydrogen) atoms. The summed E-state index contributed by atoms with van der Waals surface area (Å²) in [5.74, 6) is 1.47. The fourth-order valence-electron chi connectivity index (χ4n) is 4.51. The molecule has 4 heterocycles. The molecule has 0 radical (unpaired) electrons. The number of carbonyl (C=O) groups excluding carboxylic acids is 1. The van der Waals surface area contributed by atoms with Crippen LogP contribution in [0.4, 0.5) is 0 Å². The third kappa shape index (κ3) is 4.45. The molecule has 1 aromatic carbocycles. The van der Waals surface area contributed by atoms with Gasteiger partial charge in [0.25, 0.3) is 0 Å². The summed E-state index contributed by atoms with van der Waals surface area (Å²) in [4.78, 5) is 21.5. The Hall–Kier alpha value is -2.84. The summed E-state index contributed by atoms with van der Waals surface area (Å²) in [6, 6.07) is 8.38. The average Bonchev–Trinajstić information content (AvgIpc) is 3.25. The number of nitrogens with zero attached hydrogens (tertiary/aromatic N) is 5. The number of aryl methyl sites for hydroxylation is 1. The number of rotatable bonds is 4. The van der Waals surface area contributed by atoms with E-state index in [1.54, 1.807) is 6.20 Å². The fraction of sp³-hybridized carbons (Fsp3) is 0.478. The summed E-state index contributed by atoms with van der Waals surface area (Å²) in [6.07, 6.45) is 4.04. The van der Waals surface area contributed by atoms with Crippen LogP contribution in [0.5, 0.6) is 0 Å². The Kier molecular flexibility index (Phi) is 5.65. The SMILES string of the molecule is Cc1ncc(-c2ccc3nnc(CC(=O)N4CCC(N5CCOCC5)CC4)cc3c2)o1. The van der Waals surface area contributed by atoms with Crippen molar-refractivity contribution in [3.63, 3.8) is 0 Å². The van der Waals surface area contributed by atoms with E-state index in [0.29, 0.717) is 17.6 Å². The first kappa shape index (κ1) is 20.1. The summed E-state index contributed by atoms with van der Waals surface area (Å²) >= 11 is 0. The zero-order valence-electron chi connectivity index (χ0n) is 17.8. The molecule has 162 valence electrons. The second-order valence-corrected chi connectivity index (χ2v) is 8.29. The Morgan fingerprint density at radius 1 is 1.10 bits per heavy atom. The number of piperidine rings is 1. The highest BCUT2D eigenvalue weighted by atomic mass is 16.5. The van der Waals surface area contributed by atoms with Crippen molar-refractivity contribution in [2.75, 3.05) is 39.4 Å². The van der Waals surface area contributed by atoms with Gasteiger partial charge in [-0.15, -0.1) is 0 Å². The molecule has 5 rings (SSSR count). The quantitative estimate of drug-likeness (QED) is 0.640. The lowest BCUT2D eigenvalue weighted by molar-refractivity contribution is -0.132. The van der Waals surface area contributed by atoms with E-state index in [1.807, 2.05) is 36.1 Å². The third-order valence-corrected chi connectivity index (χ3v) is 6.25. The van der Waals surface area contributed by atoms with Crippen LogP contribution in [0, 0.1) is 6.92 Å². The lowest BCUT2D eigenvalue weighted by atomic mass is 10.0. The highest BCUT2D eigenvalue weighted by Gasteiger charge is 2.28. The minimum atomic E-state index is 0.121. The van der Waals surface area contributed by atoms with E-state index in [0.717, 1.165) is 74.5 Å². The molecule has 0 bridgehead atoms. The van der Waals surface area contributed by atoms with Crippen LogP contribution in [0.25, 0.3) is 22.2 Å². The topological polar surface area (TPSA) is 84.6 Å². The summed E-state index contributed by atoms with van der Waals surface area (Å²) < 4.78 is 11.1. The third-order valence-electron chi connectivity index (χ3n) is 6.25. The van der Waals surface area contributed by atoms with Crippen molar-refractivity contribution in [3.8, 4) is 11.3 Å². The average molecular weight is 422 g/mol. The molecule has 0 aliphatic carbocycles. The van der Waals surface area contributed by atoms with Gasteiger partial charge >= 0.3 is 0 Å². The van der Waals surface area contributed by atoms with Crippen LogP contribution < -0.4 is 0 Å². The first-order chi connectivity index (χ1) is 15.2. The molecular weight excluding hydrogens is 394 g/mol. The number of hydrogen-bond donors (Lipinski definition) is 0. The second kappa shape index (κ2) is 8.72. The van der Waals surface area contributed by atoms with E-state index in [-0.39, 0.29) is 12.3 Å². The number of oxazole rings is 1. The van der Waals surface area contributed by atoms with Gasteiger partial charge in [0.15, 0.2) is 11.7 Å². The molecule has 0 saturated carbocycles. The van der Waals surface area contributed by atoms with Crippen LogP contribution in [-0.4, -0.2) is 76.3 Å². The monoisotopic (exact) mass is 421 g/mol. The summed E-state index contributed by atoms with van der Waals surface area (Å²) in [5.41, 5.74) is 2.42. The number of carbonyl (C=O) groups is 1. The molecule has 0 spiro atoms. The van der Waals surface area contributed by atoms with Gasteiger partial charge in [-0.2, -0.15) is 10.2 Å². The smallest absolute Gasteiger partial charge is 0.228 e. The Balaban J connectivity index is 1.24. The molecule has 0 N–H and O–H groups in total. The van der Waals surface area contributed by atoms with E-state index in [4.69, 9.17) is 9.15 Å². The van der Waals surface area contributed by atoms with E-state index in [9.17, 15) is 4.79 Å². The van der Waals surface area contributed by atoms with Gasteiger partial charge < -0.3 is 14.1 Å². The number of fused-ring (bicyclic) bond motifs is 1. The Bertz CT molecular complexity index is 1070. The maximum Gasteiger partial charge on any atom is 0.228 e. The van der Waals surface area contributed by atoms with Gasteiger partial charge in [-0.1, -0.05) is 0 Å². The number of morpholine rings is 1. The van der Waals surface area contributed by atoms with Crippen molar-refractivity contribution < 1.29 is 13.9 Å². The van der Waals surface area contributed by atoms with Gasteiger partial charge in [0.05, 0.1) is 37.0 Å². The van der Waals surface area contributed by atoms with Gasteiger partial charge in [0.2, 0.25) is 5.91 Å². The van der Waals surface area contributed by atoms with E-state index >= 15 is 0 Å². The number of ether oxygens (including phenoxy) is 1. The molecule has 2 aliphatic rings. The van der Waals surface area contributed by atoms with Crippen molar-refractivity contribution in [2.45, 2.75) is 32.2 Å². The molecule has 2 saturated heterocycles. The van der Waals surface area contributed by atoms with Crippen LogP contribution >= 0.6 is 0 Å². The Morgan fingerprint density at radius 3 is 2.65 bits per heavy atom. The zero-order chi connectivity index (χ0) is 21.2. The Morgan fingerprint density at radius 2 is 1.90 bits per heavy atom. The van der Waals surface area contributed by atoms with Gasteiger partial charge in [-0.25, -0.2) is 4.98 Å². The molecule has 0 atom stereocenters. The van der Waals surface area contributed by atoms with Crippen molar-refractivity contribution in [1.29, 1.82) is 0 Å². The maximum absolute atomic E-state index is 12.9. The minimum absolute atomic E-state index is 0.121. The molecule has 2 fully saturated rings. The van der Waals surface area contributed by atoms with Crippen molar-refractivity contribution in [2.24, 2.45) is 0 Å². The fourth-order valence-corrected chi connectivity index (χ4v) is 4.51. The van der Waals surface area contributed by atoms with Crippen molar-refractivity contribution in [1.82, 2.24) is 25.0 Å². The largest absolute Gasteiger partial charge is 0.441 e. The zero-order valence-corrected chi connectivity index (χ0v) is 17.8. The maximum atomic E-state index is 12.9. The predicted octanol–water partition coefficient (Wildman–Crippen LogP) is 2.46. The molecule has 2 aromatic heterocycles. The second-order valence-electron chi connectivity index (χ2n) is 8.29. The summed E-state index contributed by atoms with van der Waals surface area (Å²) in [7, 11) is 0. The van der Waals surface area contributed by atoms with Crippen LogP contribution in [0.2, 0.25) is 0 Å². The van der Waals surface area contributed by atoms with Crippen LogP contribution in [0.15, 0.2) is 34.9 Å². The van der Waals surface area contributed by atoms with Gasteiger partial charge in [0.1, 0.15) is 0 Å². The molecule has 1 amide bonds. The highest BCUT2D eigenvalue weighted by molar-refractivity contribution is 5.85. The van der Waals surface area contributed by atoms with Crippen LogP contribution in [0.3, 0.4) is 0 Å². The van der Waals surface area contributed by atoms with E-state index in [1.165, 1.54) is 0 Å². The normalized spacial score (nSPS) is 18.5. The van der Waals surface area contributed by atoms with Crippen molar-refractivity contribution >= 4 is 16.8 Å². The molecule has 8 nitrogen and oxygen atoms in total. The predicted molar refractivity (Wildman–Crippen MR) is 115 cm³/mol. The first-order valence-electron chi connectivity index (χ1n) is 10.9. The first-order valence-corrected chi connectivity index (χ1v) is 10.9. The number of aromatic nitrogens is 3. The van der Waals surface area contributed by atoms with E-state index < -0.39 is 0 Å². The van der Waals surface area contributed by atoms with Gasteiger partial charge in [-0.3, -0.25) is 9.69 Å². The molecular formula is C23H27N5O3. The minimum Gasteiger partial charge on any atom is -0.441 e. The van der Waals surface area contributed by atoms with E-state index in [2.05, 4.69) is 20.1 Å². The molecule has 0 unspecified atom stereocenters. The number of likely N-dealkylation sites (tertiary alicyclic amines) is 1. The molecule has 3 aromatic rings. The summed E-state index contributed by atoms with van der Waals surface area (Å²) in [5, 5.41) is 9.53. The van der Waals surface area contributed by atoms with Crippen molar-refractivity contribution in [3.05, 3.63) is 42.0 Å². The number of hydrogen-bond acceptors (Lipinski definition) is 7. The Labute approximate surface area is 181 Å². The van der Waals surface area contributed by atoms with Gasteiger partial charge in [0, 0.05) is 50.1 Å². The highest BCUT2D eigenvalue weighted by Crippen LogP contribution is 2.25. The molecule has 2 aliphatic heterocycles. The standard InChI is InChI=1S/C23H27N5O3/c1-16-24-15-22(31-16)17-2-3-21-18(12-17)13-19(25-26-21)14-23(29)28-6-4-20(5-7-28)27-8-10-30-11-9-27/h2-3,12-13,15,20H,4-11,14H2,1H3. The number of amides is 1. The molecule has 8 heteroatoms. The lowest BCUT2D eigenvalue weighted by Crippen LogP contribution is -2.50. The van der Waals surface area contributed by atoms with Crippen LogP contribution in [0.1, 0.15) is 24.4 Å². The number of benzene rings is 1. The van der Waals surface area contributed by atoms with Gasteiger partial charge in [-0.05, 0) is 37.1 Å². The lowest BCUT2D eigenvalue weighted by Gasteiger charge is -2.40. The summed E-state index contributed by atoms with van der Waals surface area (Å²) in [6.45, 7) is 7.06. The van der Waals surface area contributed by atoms with Crippen LogP contribution in [-0.2, 0) is 16.0 Å².